The molecule has 0 bridgehead atoms. The monoisotopic (exact) mass is 592 g/mol. The van der Waals surface area contributed by atoms with Gasteiger partial charge in [0.15, 0.2) is 29.7 Å². The smallest absolute Gasteiger partial charge is 0.262 e. The fourth-order valence-corrected chi connectivity index (χ4v) is 6.50. The van der Waals surface area contributed by atoms with E-state index in [1.807, 2.05) is 51.2 Å². The van der Waals surface area contributed by atoms with Crippen LogP contribution in [0, 0.1) is 13.8 Å². The molecular weight excluding hydrogens is 560 g/mol. The summed E-state index contributed by atoms with van der Waals surface area (Å²) in [4.78, 5) is 41.4. The first kappa shape index (κ1) is 27.2. The first-order chi connectivity index (χ1) is 18.7. The molecule has 5 rings (SSSR count). The minimum absolute atomic E-state index is 0.0940. The van der Waals surface area contributed by atoms with Gasteiger partial charge in [0.1, 0.15) is 0 Å². The van der Waals surface area contributed by atoms with E-state index in [2.05, 4.69) is 26.1 Å². The molecule has 0 unspecified atom stereocenters. The van der Waals surface area contributed by atoms with E-state index >= 15 is 0 Å². The summed E-state index contributed by atoms with van der Waals surface area (Å²) in [7, 11) is 3.52. The number of ether oxygens (including phenoxy) is 2. The van der Waals surface area contributed by atoms with Crippen LogP contribution in [-0.2, 0) is 14.4 Å². The van der Waals surface area contributed by atoms with E-state index in [0.717, 1.165) is 59.5 Å². The number of ketones is 2. The van der Waals surface area contributed by atoms with Gasteiger partial charge >= 0.3 is 0 Å². The minimum Gasteiger partial charge on any atom is -0.493 e. The number of hydrogen-bond acceptors (Lipinski definition) is 6. The number of nitrogens with one attached hydrogen (secondary N) is 1. The molecule has 1 aliphatic heterocycles. The van der Waals surface area contributed by atoms with Crippen LogP contribution in [0.4, 0.5) is 5.69 Å². The lowest BCUT2D eigenvalue weighted by Crippen LogP contribution is -2.37. The van der Waals surface area contributed by atoms with Crippen molar-refractivity contribution < 1.29 is 23.9 Å². The maximum Gasteiger partial charge on any atom is 0.262 e. The summed E-state index contributed by atoms with van der Waals surface area (Å²) in [5.41, 5.74) is 7.02. The predicted molar refractivity (Wildman–Crippen MR) is 153 cm³/mol. The van der Waals surface area contributed by atoms with Crippen LogP contribution in [0.2, 0.25) is 0 Å². The summed E-state index contributed by atoms with van der Waals surface area (Å²) in [6.45, 7) is 3.70. The SMILES string of the molecule is COc1cc(C2C3=C(CCCC3=O)N(C)C3=C2C(=O)CCC3)cc(Br)c1OCC(=O)Nc1cc(C)ccc1C. The van der Waals surface area contributed by atoms with Gasteiger partial charge in [-0.05, 0) is 90.4 Å². The van der Waals surface area contributed by atoms with Crippen LogP contribution in [-0.4, -0.2) is 43.1 Å². The number of carbonyl (C=O) groups excluding carboxylic acids is 3. The lowest BCUT2D eigenvalue weighted by molar-refractivity contribution is -0.118. The third-order valence-corrected chi connectivity index (χ3v) is 8.43. The van der Waals surface area contributed by atoms with Crippen molar-refractivity contribution in [3.05, 3.63) is 74.0 Å². The molecule has 0 spiro atoms. The molecule has 0 saturated heterocycles. The van der Waals surface area contributed by atoms with E-state index in [0.29, 0.717) is 40.0 Å². The number of amides is 1. The molecule has 1 amide bonds. The Balaban J connectivity index is 1.47. The van der Waals surface area contributed by atoms with E-state index in [4.69, 9.17) is 9.47 Å². The first-order valence-corrected chi connectivity index (χ1v) is 14.1. The number of nitrogens with zero attached hydrogens (tertiary/aromatic N) is 1. The Labute approximate surface area is 237 Å². The summed E-state index contributed by atoms with van der Waals surface area (Å²) in [5.74, 6) is 0.265. The van der Waals surface area contributed by atoms with E-state index < -0.39 is 5.92 Å². The third kappa shape index (κ3) is 5.14. The number of allylic oxidation sites excluding steroid dienone is 4. The fourth-order valence-electron chi connectivity index (χ4n) is 5.93. The molecule has 0 fully saturated rings. The summed E-state index contributed by atoms with van der Waals surface area (Å²) in [6, 6.07) is 9.59. The zero-order valence-electron chi connectivity index (χ0n) is 22.8. The first-order valence-electron chi connectivity index (χ1n) is 13.3. The normalized spacial score (nSPS) is 17.7. The Morgan fingerprint density at radius 2 is 1.64 bits per heavy atom. The van der Waals surface area contributed by atoms with Gasteiger partial charge in [-0.1, -0.05) is 12.1 Å². The van der Waals surface area contributed by atoms with Crippen molar-refractivity contribution in [2.75, 3.05) is 26.1 Å². The molecule has 2 aromatic carbocycles. The largest absolute Gasteiger partial charge is 0.493 e. The number of halogens is 1. The van der Waals surface area contributed by atoms with Gasteiger partial charge in [0.05, 0.1) is 11.6 Å². The summed E-state index contributed by atoms with van der Waals surface area (Å²) in [6.07, 6.45) is 4.22. The van der Waals surface area contributed by atoms with Crippen LogP contribution >= 0.6 is 15.9 Å². The molecule has 39 heavy (non-hydrogen) atoms. The van der Waals surface area contributed by atoms with Gasteiger partial charge in [-0.2, -0.15) is 0 Å². The van der Waals surface area contributed by atoms with E-state index in [-0.39, 0.29) is 24.1 Å². The average molecular weight is 594 g/mol. The lowest BCUT2D eigenvalue weighted by atomic mass is 9.71. The molecular formula is C31H33BrN2O5. The summed E-state index contributed by atoms with van der Waals surface area (Å²) < 4.78 is 12.2. The summed E-state index contributed by atoms with van der Waals surface area (Å²) in [5, 5.41) is 2.91. The van der Waals surface area contributed by atoms with Crippen LogP contribution in [0.25, 0.3) is 0 Å². The average Bonchev–Trinajstić information content (AvgIpc) is 2.91. The standard InChI is InChI=1S/C31H33BrN2O5/c1-17-11-12-18(2)21(13-17)33-27(37)16-39-31-20(32)14-19(15-26(31)38-4)28-29-22(7-5-9-24(29)35)34(3)23-8-6-10-25(36)30(23)28/h11-15,28H,5-10,16H2,1-4H3,(H,33,37). The predicted octanol–water partition coefficient (Wildman–Crippen LogP) is 6.14. The molecule has 0 saturated carbocycles. The topological polar surface area (TPSA) is 84.9 Å². The lowest BCUT2D eigenvalue weighted by Gasteiger charge is -2.42. The van der Waals surface area contributed by atoms with Crippen LogP contribution in [0.3, 0.4) is 0 Å². The molecule has 1 N–H and O–H groups in total. The van der Waals surface area contributed by atoms with Gasteiger partial charge in [-0.3, -0.25) is 14.4 Å². The number of anilines is 1. The van der Waals surface area contributed by atoms with Crippen molar-refractivity contribution in [1.82, 2.24) is 4.90 Å². The highest BCUT2D eigenvalue weighted by molar-refractivity contribution is 9.10. The van der Waals surface area contributed by atoms with Gasteiger partial charge in [0, 0.05) is 54.0 Å². The van der Waals surface area contributed by atoms with Gasteiger partial charge in [-0.25, -0.2) is 0 Å². The number of benzene rings is 2. The minimum atomic E-state index is -0.446. The fraction of sp³-hybridized carbons (Fsp3) is 0.387. The van der Waals surface area contributed by atoms with Crippen molar-refractivity contribution in [1.29, 1.82) is 0 Å². The quantitative estimate of drug-likeness (QED) is 0.434. The van der Waals surface area contributed by atoms with Crippen LogP contribution < -0.4 is 14.8 Å². The molecule has 3 aliphatic rings. The molecule has 204 valence electrons. The number of methoxy groups -OCH3 is 1. The molecule has 0 aromatic heterocycles. The number of Topliss-reactive ketones (excluding diaryl/α,β-unsaturated/α-hetero) is 2. The Morgan fingerprint density at radius 3 is 2.26 bits per heavy atom. The highest BCUT2D eigenvalue weighted by Crippen LogP contribution is 2.50. The number of rotatable bonds is 6. The molecule has 0 atom stereocenters. The van der Waals surface area contributed by atoms with Gasteiger partial charge in [0.2, 0.25) is 0 Å². The second-order valence-corrected chi connectivity index (χ2v) is 11.3. The van der Waals surface area contributed by atoms with Crippen molar-refractivity contribution in [3.8, 4) is 11.5 Å². The van der Waals surface area contributed by atoms with Crippen molar-refractivity contribution in [2.45, 2.75) is 58.3 Å². The maximum absolute atomic E-state index is 13.3. The third-order valence-electron chi connectivity index (χ3n) is 7.84. The number of hydrogen-bond donors (Lipinski definition) is 1. The van der Waals surface area contributed by atoms with Gasteiger partial charge in [0.25, 0.3) is 5.91 Å². The van der Waals surface area contributed by atoms with E-state index in [1.165, 1.54) is 7.11 Å². The maximum atomic E-state index is 13.3. The Bertz CT molecular complexity index is 1400. The molecule has 1 heterocycles. The highest BCUT2D eigenvalue weighted by atomic mass is 79.9. The van der Waals surface area contributed by atoms with Crippen molar-refractivity contribution in [3.63, 3.8) is 0 Å². The van der Waals surface area contributed by atoms with Gasteiger partial charge < -0.3 is 19.7 Å². The molecule has 7 nitrogen and oxygen atoms in total. The Morgan fingerprint density at radius 1 is 1.00 bits per heavy atom. The number of carbonyl (C=O) groups is 3. The second-order valence-electron chi connectivity index (χ2n) is 10.5. The Hall–Kier alpha value is -3.39. The zero-order chi connectivity index (χ0) is 27.8. The van der Waals surface area contributed by atoms with Crippen LogP contribution in [0.15, 0.2) is 57.3 Å². The molecule has 8 heteroatoms. The summed E-state index contributed by atoms with van der Waals surface area (Å²) >= 11 is 3.61. The van der Waals surface area contributed by atoms with Crippen LogP contribution in [0.5, 0.6) is 11.5 Å². The van der Waals surface area contributed by atoms with Crippen molar-refractivity contribution in [2.24, 2.45) is 0 Å². The molecule has 2 aliphatic carbocycles. The number of aryl methyl sites for hydroxylation is 2. The second kappa shape index (κ2) is 11.0. The molecule has 2 aromatic rings. The zero-order valence-corrected chi connectivity index (χ0v) is 24.4. The Kier molecular flexibility index (Phi) is 7.67. The van der Waals surface area contributed by atoms with E-state index in [9.17, 15) is 14.4 Å². The van der Waals surface area contributed by atoms with Gasteiger partial charge in [-0.15, -0.1) is 0 Å². The van der Waals surface area contributed by atoms with E-state index in [1.54, 1.807) is 0 Å². The van der Waals surface area contributed by atoms with Crippen LogP contribution in [0.1, 0.15) is 61.1 Å². The molecule has 0 radical (unpaired) electrons. The van der Waals surface area contributed by atoms with Crippen molar-refractivity contribution >= 4 is 39.1 Å². The highest BCUT2D eigenvalue weighted by Gasteiger charge is 2.42.